The second-order valence-corrected chi connectivity index (χ2v) is 11.5. The van der Waals surface area contributed by atoms with Gasteiger partial charge in [-0.05, 0) is 60.0 Å². The van der Waals surface area contributed by atoms with Crippen LogP contribution < -0.4 is 25.7 Å². The number of carbonyl (C=O) groups is 4. The van der Waals surface area contributed by atoms with Crippen molar-refractivity contribution in [2.45, 2.75) is 79.7 Å². The molecule has 10 nitrogen and oxygen atoms in total. The zero-order chi connectivity index (χ0) is 32.0. The Hall–Kier alpha value is -4.34. The molecule has 3 aromatic heterocycles. The standard InChI is InChI=1S/C34H37N4O6.Fe/c1-15-21(7-9-31(41)42)27-14-28-22(8-10-32(43)44)16(2)24(36-28)12-29-34(20(6)40)18(4)26(38-29)13-30-33(19(5)39)17(3)25(37-30)11-23(15)35-27;/h12-14,25H,7-11H2,1-6H3,(H5,35,36,38,40,41,42,43,44);/q-1;+4/p-3/b30-13-;. The van der Waals surface area contributed by atoms with Gasteiger partial charge < -0.3 is 30.5 Å². The molecule has 0 aromatic carbocycles. The van der Waals surface area contributed by atoms with E-state index in [-0.39, 0.29) is 60.4 Å². The van der Waals surface area contributed by atoms with Crippen molar-refractivity contribution in [1.29, 1.82) is 0 Å². The van der Waals surface area contributed by atoms with Gasteiger partial charge >= 0.3 is 29.0 Å². The van der Waals surface area contributed by atoms with Crippen LogP contribution in [0.15, 0.2) is 16.8 Å². The van der Waals surface area contributed by atoms with Gasteiger partial charge in [0.15, 0.2) is 11.6 Å². The van der Waals surface area contributed by atoms with Gasteiger partial charge in [0.1, 0.15) is 0 Å². The Bertz CT molecular complexity index is 1930. The summed E-state index contributed by atoms with van der Waals surface area (Å²) in [5, 5.41) is 24.9. The molecule has 0 aliphatic carbocycles. The average Bonchev–Trinajstić information content (AvgIpc) is 3.59. The van der Waals surface area contributed by atoms with Crippen LogP contribution in [0.5, 0.6) is 0 Å². The van der Waals surface area contributed by atoms with Crippen molar-refractivity contribution >= 4 is 41.7 Å². The summed E-state index contributed by atoms with van der Waals surface area (Å²) in [6, 6.07) is -0.368. The van der Waals surface area contributed by atoms with Crippen LogP contribution in [0.3, 0.4) is 0 Å². The molecule has 234 valence electrons. The monoisotopic (exact) mass is 650 g/mol. The predicted octanol–water partition coefficient (Wildman–Crippen LogP) is 2.93. The number of carboxylic acid groups (broad SMARTS) is 2. The molecule has 2 N–H and O–H groups in total. The van der Waals surface area contributed by atoms with Crippen molar-refractivity contribution < 1.29 is 46.5 Å². The number of carboxylic acids is 2. The largest absolute Gasteiger partial charge is 4.00 e. The van der Waals surface area contributed by atoms with Crippen LogP contribution in [-0.4, -0.2) is 39.8 Å². The minimum Gasteiger partial charge on any atom is -0.678 e. The van der Waals surface area contributed by atoms with Gasteiger partial charge in [0, 0.05) is 18.4 Å². The van der Waals surface area contributed by atoms with Crippen LogP contribution in [-0.2, 0) is 50.7 Å². The third kappa shape index (κ3) is 6.41. The number of allylic oxidation sites excluding steroid dienone is 1. The number of hydrogen-bond acceptors (Lipinski definition) is 4. The first-order valence-electron chi connectivity index (χ1n) is 14.5. The first-order valence-corrected chi connectivity index (χ1v) is 14.5. The first-order chi connectivity index (χ1) is 20.8. The molecule has 2 aliphatic rings. The Kier molecular flexibility index (Phi) is 9.65. The van der Waals surface area contributed by atoms with Gasteiger partial charge in [0.05, 0.1) is 0 Å². The van der Waals surface area contributed by atoms with Gasteiger partial charge in [-0.15, -0.1) is 33.5 Å². The van der Waals surface area contributed by atoms with Gasteiger partial charge in [-0.1, -0.05) is 64.1 Å². The number of aromatic nitrogens is 3. The molecule has 1 unspecified atom stereocenters. The zero-order valence-corrected chi connectivity index (χ0v) is 27.1. The summed E-state index contributed by atoms with van der Waals surface area (Å²) in [7, 11) is 0. The molecule has 3 aromatic rings. The molecular weight excluding hydrogens is 616 g/mol. The van der Waals surface area contributed by atoms with Gasteiger partial charge in [-0.25, -0.2) is 0 Å². The number of ketones is 2. The van der Waals surface area contributed by atoms with E-state index in [9.17, 15) is 29.4 Å². The smallest absolute Gasteiger partial charge is 0.678 e. The molecule has 45 heavy (non-hydrogen) atoms. The molecule has 0 saturated heterocycles. The Morgan fingerprint density at radius 1 is 0.733 bits per heavy atom. The fourth-order valence-electron chi connectivity index (χ4n) is 6.28. The van der Waals surface area contributed by atoms with Crippen molar-refractivity contribution in [1.82, 2.24) is 15.0 Å². The minimum absolute atomic E-state index is 0. The minimum atomic E-state index is -0.941. The van der Waals surface area contributed by atoms with Crippen LogP contribution in [0.1, 0.15) is 94.6 Å². The SMILES string of the molecule is CC(=O)C1=C(C)C2Cc3[n-]c(c(CCC(=O)O)c3C)/C=c3\[n-]/c(c(C)c3CCC(=O)O)=C\c3[n-]c(c(C)c3C(C)=O)/C=C/1[N-]2.[Fe+4]. The third-order valence-corrected chi connectivity index (χ3v) is 8.63. The molecule has 8 bridgehead atoms. The van der Waals surface area contributed by atoms with Gasteiger partial charge in [-0.3, -0.25) is 19.2 Å². The maximum atomic E-state index is 12.8. The summed E-state index contributed by atoms with van der Waals surface area (Å²) in [5.74, 6) is -2.16. The van der Waals surface area contributed by atoms with E-state index < -0.39 is 11.9 Å². The van der Waals surface area contributed by atoms with Crippen molar-refractivity contribution in [2.24, 2.45) is 0 Å². The number of fused-ring (bicyclic) bond motifs is 8. The molecule has 0 spiro atoms. The van der Waals surface area contributed by atoms with E-state index in [0.29, 0.717) is 56.6 Å². The van der Waals surface area contributed by atoms with Gasteiger partial charge in [-0.2, -0.15) is 5.69 Å². The van der Waals surface area contributed by atoms with Crippen LogP contribution >= 0.6 is 0 Å². The number of hydrogen-bond donors (Lipinski definition) is 2. The molecule has 5 heterocycles. The molecule has 2 aliphatic heterocycles. The molecule has 5 rings (SSSR count). The quantitative estimate of drug-likeness (QED) is 0.276. The summed E-state index contributed by atoms with van der Waals surface area (Å²) in [6.45, 7) is 10.5. The second kappa shape index (κ2) is 12.9. The number of carbonyl (C=O) groups excluding carboxylic acids is 2. The fraction of sp³-hybridized carbons (Fsp3) is 0.353. The number of nitrogens with zero attached hydrogens (tertiary/aromatic N) is 4. The van der Waals surface area contributed by atoms with Crippen LogP contribution in [0.25, 0.3) is 23.5 Å². The molecule has 0 amide bonds. The Labute approximate surface area is 271 Å². The molecule has 0 saturated carbocycles. The number of Topliss-reactive ketones (excluding diaryl/α,β-unsaturated/α-hetero) is 2. The maximum Gasteiger partial charge on any atom is 4.00 e. The summed E-state index contributed by atoms with van der Waals surface area (Å²) in [5.41, 5.74) is 8.34. The zero-order valence-electron chi connectivity index (χ0n) is 26.0. The van der Waals surface area contributed by atoms with Crippen LogP contribution in [0.4, 0.5) is 0 Å². The molecule has 11 heteroatoms. The topological polar surface area (TPSA) is 165 Å². The van der Waals surface area contributed by atoms with E-state index in [0.717, 1.165) is 33.5 Å². The molecule has 0 radical (unpaired) electrons. The second-order valence-electron chi connectivity index (χ2n) is 11.5. The van der Waals surface area contributed by atoms with Crippen molar-refractivity contribution in [2.75, 3.05) is 0 Å². The van der Waals surface area contributed by atoms with E-state index in [2.05, 4.69) is 0 Å². The van der Waals surface area contributed by atoms with E-state index in [4.69, 9.17) is 20.3 Å². The first kappa shape index (κ1) is 33.6. The van der Waals surface area contributed by atoms with Crippen LogP contribution in [0.2, 0.25) is 0 Å². The van der Waals surface area contributed by atoms with Gasteiger partial charge in [0.2, 0.25) is 0 Å². The van der Waals surface area contributed by atoms with Crippen molar-refractivity contribution in [3.05, 3.63) is 89.0 Å². The van der Waals surface area contributed by atoms with E-state index in [1.807, 2.05) is 27.7 Å². The van der Waals surface area contributed by atoms with Crippen molar-refractivity contribution in [3.8, 4) is 0 Å². The summed E-state index contributed by atoms with van der Waals surface area (Å²) < 4.78 is 0. The van der Waals surface area contributed by atoms with Gasteiger partial charge in [0.25, 0.3) is 0 Å². The summed E-state index contributed by atoms with van der Waals surface area (Å²) >= 11 is 0. The molecule has 0 fully saturated rings. The number of aliphatic carboxylic acids is 2. The summed E-state index contributed by atoms with van der Waals surface area (Å²) in [4.78, 5) is 63.3. The average molecular weight is 651 g/mol. The van der Waals surface area contributed by atoms with Crippen LogP contribution in [0, 0.1) is 20.8 Å². The Morgan fingerprint density at radius 3 is 1.96 bits per heavy atom. The fourth-order valence-corrected chi connectivity index (χ4v) is 6.28. The van der Waals surface area contributed by atoms with E-state index in [1.165, 1.54) is 13.8 Å². The normalized spacial score (nSPS) is 18.1. The third-order valence-electron chi connectivity index (χ3n) is 8.63. The molecular formula is C34H34FeN4O6. The number of rotatable bonds is 8. The predicted molar refractivity (Wildman–Crippen MR) is 164 cm³/mol. The van der Waals surface area contributed by atoms with E-state index >= 15 is 0 Å². The maximum absolute atomic E-state index is 12.8. The van der Waals surface area contributed by atoms with E-state index in [1.54, 1.807) is 18.2 Å². The molecule has 1 atom stereocenters. The Balaban J connectivity index is 0.00000461. The summed E-state index contributed by atoms with van der Waals surface area (Å²) in [6.07, 6.45) is 5.97. The van der Waals surface area contributed by atoms with Crippen molar-refractivity contribution in [3.63, 3.8) is 0 Å². The Morgan fingerprint density at radius 2 is 1.36 bits per heavy atom.